The van der Waals surface area contributed by atoms with Gasteiger partial charge in [-0.3, -0.25) is 0 Å². The van der Waals surface area contributed by atoms with E-state index in [4.69, 9.17) is 4.74 Å². The van der Waals surface area contributed by atoms with E-state index in [0.29, 0.717) is 0 Å². The number of halogens is 4. The summed E-state index contributed by atoms with van der Waals surface area (Å²) in [6, 6.07) is 2.34. The highest BCUT2D eigenvalue weighted by molar-refractivity contribution is 7.84. The van der Waals surface area contributed by atoms with Crippen molar-refractivity contribution in [2.45, 2.75) is 70.3 Å². The molecule has 0 saturated heterocycles. The Morgan fingerprint density at radius 3 is 2.11 bits per heavy atom. The van der Waals surface area contributed by atoms with Gasteiger partial charge in [0.1, 0.15) is 5.60 Å². The molecule has 0 spiro atoms. The van der Waals surface area contributed by atoms with Crippen LogP contribution in [0.5, 0.6) is 0 Å². The summed E-state index contributed by atoms with van der Waals surface area (Å²) < 4.78 is 72.9. The fourth-order valence-electron chi connectivity index (χ4n) is 1.99. The Hall–Kier alpha value is -1.48. The second kappa shape index (κ2) is 8.26. The fourth-order valence-corrected chi connectivity index (χ4v) is 2.83. The molecule has 4 nitrogen and oxygen atoms in total. The zero-order valence-corrected chi connectivity index (χ0v) is 16.9. The summed E-state index contributed by atoms with van der Waals surface area (Å²) >= 11 is 0. The van der Waals surface area contributed by atoms with E-state index in [0.717, 1.165) is 18.2 Å². The monoisotopic (exact) mass is 411 g/mol. The normalized spacial score (nSPS) is 16.5. The Kier molecular flexibility index (Phi) is 7.21. The third-order valence-corrected chi connectivity index (χ3v) is 4.87. The fraction of sp³-hybridized carbons (Fsp3) is 0.611. The van der Waals surface area contributed by atoms with Crippen molar-refractivity contribution in [1.82, 2.24) is 4.72 Å². The van der Waals surface area contributed by atoms with Crippen LogP contribution < -0.4 is 4.72 Å². The summed E-state index contributed by atoms with van der Waals surface area (Å²) in [6.07, 6.45) is -6.99. The molecule has 9 heteroatoms. The van der Waals surface area contributed by atoms with Crippen LogP contribution in [0.1, 0.15) is 58.7 Å². The smallest absolute Gasteiger partial charge is 0.416 e. The van der Waals surface area contributed by atoms with Crippen LogP contribution in [0.2, 0.25) is 0 Å². The van der Waals surface area contributed by atoms with Crippen molar-refractivity contribution in [3.8, 4) is 0 Å². The van der Waals surface area contributed by atoms with Gasteiger partial charge in [-0.15, -0.1) is 0 Å². The van der Waals surface area contributed by atoms with Crippen LogP contribution in [-0.4, -0.2) is 26.7 Å². The van der Waals surface area contributed by atoms with E-state index in [1.807, 2.05) is 0 Å². The standard InChI is InChI=1S/C18H25F4NO3S/c1-16(2,3)26-15(24)13(19)14(23-27(25)17(4,5)6)11-8-7-9-12(10-11)18(20,21)22/h7-10,13-14,23H,1-6H3. The third kappa shape index (κ3) is 7.21. The molecule has 3 unspecified atom stereocenters. The molecule has 1 aromatic carbocycles. The predicted octanol–water partition coefficient (Wildman–Crippen LogP) is 4.48. The molecule has 1 N–H and O–H groups in total. The lowest BCUT2D eigenvalue weighted by atomic mass is 10.0. The molecule has 27 heavy (non-hydrogen) atoms. The first-order valence-corrected chi connectivity index (χ1v) is 9.39. The highest BCUT2D eigenvalue weighted by Gasteiger charge is 2.38. The highest BCUT2D eigenvalue weighted by atomic mass is 32.2. The summed E-state index contributed by atoms with van der Waals surface area (Å²) in [5, 5.41) is 0. The first-order chi connectivity index (χ1) is 12.0. The van der Waals surface area contributed by atoms with Gasteiger partial charge in [0.15, 0.2) is 0 Å². The second-order valence-electron chi connectivity index (χ2n) is 8.04. The average Bonchev–Trinajstić information content (AvgIpc) is 2.48. The summed E-state index contributed by atoms with van der Waals surface area (Å²) in [5.41, 5.74) is -2.13. The van der Waals surface area contributed by atoms with E-state index in [2.05, 4.69) is 4.72 Å². The first-order valence-electron chi connectivity index (χ1n) is 8.24. The molecule has 0 heterocycles. The van der Waals surface area contributed by atoms with Gasteiger partial charge in [0.25, 0.3) is 0 Å². The number of esters is 1. The van der Waals surface area contributed by atoms with Crippen LogP contribution in [-0.2, 0) is 26.7 Å². The SMILES string of the molecule is CC(C)(C)OC(=O)C(F)C(NS(=O)C(C)(C)C)c1cccc(C(F)(F)F)c1. The Labute approximate surface area is 159 Å². The van der Waals surface area contributed by atoms with Crippen molar-refractivity contribution in [3.05, 3.63) is 35.4 Å². The number of ether oxygens (including phenoxy) is 1. The quantitative estimate of drug-likeness (QED) is 0.574. The van der Waals surface area contributed by atoms with Crippen LogP contribution in [0.25, 0.3) is 0 Å². The van der Waals surface area contributed by atoms with Crippen molar-refractivity contribution in [1.29, 1.82) is 0 Å². The van der Waals surface area contributed by atoms with Crippen molar-refractivity contribution in [2.75, 3.05) is 0 Å². The Morgan fingerprint density at radius 2 is 1.67 bits per heavy atom. The molecule has 0 aliphatic rings. The summed E-state index contributed by atoms with van der Waals surface area (Å²) in [5.74, 6) is -1.25. The van der Waals surface area contributed by atoms with Gasteiger partial charge in [0.05, 0.1) is 27.3 Å². The Morgan fingerprint density at radius 1 is 1.11 bits per heavy atom. The van der Waals surface area contributed by atoms with E-state index >= 15 is 0 Å². The molecule has 0 radical (unpaired) electrons. The van der Waals surface area contributed by atoms with Crippen molar-refractivity contribution in [2.24, 2.45) is 0 Å². The van der Waals surface area contributed by atoms with Crippen molar-refractivity contribution >= 4 is 17.0 Å². The van der Waals surface area contributed by atoms with E-state index in [1.54, 1.807) is 20.8 Å². The molecule has 1 aromatic rings. The maximum absolute atomic E-state index is 14.9. The number of alkyl halides is 4. The number of rotatable bonds is 5. The van der Waals surface area contributed by atoms with E-state index in [-0.39, 0.29) is 5.56 Å². The van der Waals surface area contributed by atoms with Gasteiger partial charge in [0, 0.05) is 0 Å². The van der Waals surface area contributed by atoms with Crippen LogP contribution in [0.3, 0.4) is 0 Å². The summed E-state index contributed by atoms with van der Waals surface area (Å²) in [4.78, 5) is 12.1. The number of carbonyl (C=O) groups is 1. The molecule has 0 fully saturated rings. The predicted molar refractivity (Wildman–Crippen MR) is 96.0 cm³/mol. The summed E-state index contributed by atoms with van der Waals surface area (Å²) in [7, 11) is -1.83. The Balaban J connectivity index is 3.30. The Bertz CT molecular complexity index is 693. The number of hydrogen-bond donors (Lipinski definition) is 1. The first kappa shape index (κ1) is 23.6. The molecule has 0 aromatic heterocycles. The van der Waals surface area contributed by atoms with Gasteiger partial charge < -0.3 is 4.74 Å². The second-order valence-corrected chi connectivity index (χ2v) is 10.0. The highest BCUT2D eigenvalue weighted by Crippen LogP contribution is 2.32. The number of hydrogen-bond acceptors (Lipinski definition) is 3. The molecule has 3 atom stereocenters. The maximum atomic E-state index is 14.9. The van der Waals surface area contributed by atoms with Gasteiger partial charge in [-0.25, -0.2) is 18.1 Å². The molecular formula is C18H25F4NO3S. The molecule has 0 saturated carbocycles. The van der Waals surface area contributed by atoms with Crippen LogP contribution in [0.4, 0.5) is 17.6 Å². The van der Waals surface area contributed by atoms with Crippen molar-refractivity contribution in [3.63, 3.8) is 0 Å². The minimum absolute atomic E-state index is 0.152. The zero-order valence-electron chi connectivity index (χ0n) is 16.1. The lowest BCUT2D eigenvalue weighted by Crippen LogP contribution is -2.43. The van der Waals surface area contributed by atoms with Crippen LogP contribution >= 0.6 is 0 Å². The largest absolute Gasteiger partial charge is 0.458 e. The minimum atomic E-state index is -4.64. The topological polar surface area (TPSA) is 55.4 Å². The van der Waals surface area contributed by atoms with Gasteiger partial charge in [-0.2, -0.15) is 13.2 Å². The van der Waals surface area contributed by atoms with E-state index in [1.165, 1.54) is 26.8 Å². The average molecular weight is 411 g/mol. The molecule has 1 rings (SSSR count). The van der Waals surface area contributed by atoms with Gasteiger partial charge in [-0.05, 0) is 59.2 Å². The van der Waals surface area contributed by atoms with Gasteiger partial charge >= 0.3 is 12.1 Å². The van der Waals surface area contributed by atoms with Gasteiger partial charge in [0.2, 0.25) is 6.17 Å². The third-order valence-electron chi connectivity index (χ3n) is 3.29. The van der Waals surface area contributed by atoms with E-state index in [9.17, 15) is 26.6 Å². The lowest BCUT2D eigenvalue weighted by Gasteiger charge is -2.28. The number of nitrogens with one attached hydrogen (secondary N) is 1. The molecule has 0 bridgehead atoms. The molecule has 0 aliphatic carbocycles. The maximum Gasteiger partial charge on any atom is 0.416 e. The van der Waals surface area contributed by atoms with Crippen molar-refractivity contribution < 1.29 is 31.3 Å². The van der Waals surface area contributed by atoms with Gasteiger partial charge in [-0.1, -0.05) is 12.1 Å². The lowest BCUT2D eigenvalue weighted by molar-refractivity contribution is -0.162. The van der Waals surface area contributed by atoms with Crippen LogP contribution in [0, 0.1) is 0 Å². The molecule has 0 amide bonds. The van der Waals surface area contributed by atoms with Crippen LogP contribution in [0.15, 0.2) is 24.3 Å². The number of carbonyl (C=O) groups excluding carboxylic acids is 1. The zero-order chi connectivity index (χ0) is 21.2. The molecular weight excluding hydrogens is 386 g/mol. The minimum Gasteiger partial charge on any atom is -0.458 e. The van der Waals surface area contributed by atoms with E-state index < -0.39 is 51.3 Å². The number of benzene rings is 1. The molecule has 0 aliphatic heterocycles. The molecule has 154 valence electrons. The summed E-state index contributed by atoms with van der Waals surface area (Å²) in [6.45, 7) is 9.45.